The summed E-state index contributed by atoms with van der Waals surface area (Å²) in [7, 11) is 0. The molecule has 1 atom stereocenters. The van der Waals surface area contributed by atoms with Gasteiger partial charge in [-0.3, -0.25) is 9.69 Å². The Morgan fingerprint density at radius 2 is 2.22 bits per heavy atom. The summed E-state index contributed by atoms with van der Waals surface area (Å²) in [6.07, 6.45) is 3.66. The maximum Gasteiger partial charge on any atom is 0.331 e. The normalized spacial score (nSPS) is 17.9. The van der Waals surface area contributed by atoms with Crippen molar-refractivity contribution < 1.29 is 14.3 Å². The Hall–Kier alpha value is -3.17. The fourth-order valence-corrected chi connectivity index (χ4v) is 5.37. The molecule has 2 aliphatic rings. The van der Waals surface area contributed by atoms with E-state index in [4.69, 9.17) is 4.74 Å². The highest BCUT2D eigenvalue weighted by molar-refractivity contribution is 7.21. The van der Waals surface area contributed by atoms with Crippen molar-refractivity contribution in [2.24, 2.45) is 0 Å². The first-order valence-corrected chi connectivity index (χ1v) is 11.7. The first kappa shape index (κ1) is 20.7. The van der Waals surface area contributed by atoms with E-state index in [-0.39, 0.29) is 18.0 Å². The molecular weight excluding hydrogens is 426 g/mol. The number of carbonyl (C=O) groups excluding carboxylic acids is 2. The summed E-state index contributed by atoms with van der Waals surface area (Å²) in [4.78, 5) is 33.6. The van der Waals surface area contributed by atoms with E-state index >= 15 is 0 Å². The van der Waals surface area contributed by atoms with Gasteiger partial charge in [-0.2, -0.15) is 0 Å². The minimum absolute atomic E-state index is 0.0865. The van der Waals surface area contributed by atoms with Crippen molar-refractivity contribution in [2.75, 3.05) is 29.9 Å². The third-order valence-electron chi connectivity index (χ3n) is 5.80. The van der Waals surface area contributed by atoms with Gasteiger partial charge < -0.3 is 20.7 Å². The smallest absolute Gasteiger partial charge is 0.331 e. The fourth-order valence-electron chi connectivity index (χ4n) is 4.34. The number of aryl methyl sites for hydroxylation is 1. The molecule has 166 valence electrons. The number of aromatic nitrogens is 1. The molecule has 1 saturated heterocycles. The number of amides is 3. The summed E-state index contributed by atoms with van der Waals surface area (Å²) >= 11 is 1.31. The van der Waals surface area contributed by atoms with E-state index in [2.05, 4.69) is 20.9 Å². The fraction of sp³-hybridized carbons (Fsp3) is 0.348. The Bertz CT molecular complexity index is 1200. The zero-order valence-electron chi connectivity index (χ0n) is 18.0. The summed E-state index contributed by atoms with van der Waals surface area (Å²) in [6.45, 7) is 6.20. The van der Waals surface area contributed by atoms with Gasteiger partial charge in [-0.25, -0.2) is 9.78 Å². The molecule has 2 aliphatic heterocycles. The Labute approximate surface area is 190 Å². The van der Waals surface area contributed by atoms with Crippen LogP contribution in [0.2, 0.25) is 0 Å². The van der Waals surface area contributed by atoms with E-state index in [1.54, 1.807) is 11.1 Å². The highest BCUT2D eigenvalue weighted by Gasteiger charge is 2.33. The van der Waals surface area contributed by atoms with Crippen LogP contribution >= 0.6 is 11.3 Å². The molecule has 0 saturated carbocycles. The van der Waals surface area contributed by atoms with Crippen LogP contribution in [0.1, 0.15) is 35.0 Å². The second kappa shape index (κ2) is 8.40. The molecule has 4 heterocycles. The van der Waals surface area contributed by atoms with Gasteiger partial charge in [0.05, 0.1) is 29.1 Å². The highest BCUT2D eigenvalue weighted by Crippen LogP contribution is 2.46. The minimum atomic E-state index is -0.302. The summed E-state index contributed by atoms with van der Waals surface area (Å²) < 4.78 is 5.59. The average molecular weight is 452 g/mol. The Morgan fingerprint density at radius 3 is 2.97 bits per heavy atom. The molecule has 2 aromatic heterocycles. The third kappa shape index (κ3) is 3.57. The summed E-state index contributed by atoms with van der Waals surface area (Å²) in [5, 5.41) is 10.2. The lowest BCUT2D eigenvalue weighted by atomic mass is 10.1. The van der Waals surface area contributed by atoms with Crippen LogP contribution in [0.15, 0.2) is 30.5 Å². The summed E-state index contributed by atoms with van der Waals surface area (Å²) in [6, 6.07) is 7.27. The Balaban J connectivity index is 1.54. The number of urea groups is 1. The van der Waals surface area contributed by atoms with E-state index in [9.17, 15) is 9.59 Å². The van der Waals surface area contributed by atoms with Crippen LogP contribution in [-0.4, -0.2) is 42.7 Å². The lowest BCUT2D eigenvalue weighted by Gasteiger charge is -2.30. The molecule has 1 fully saturated rings. The first-order valence-electron chi connectivity index (χ1n) is 10.8. The molecule has 0 bridgehead atoms. The molecular formula is C23H25N5O3S. The molecule has 32 heavy (non-hydrogen) atoms. The van der Waals surface area contributed by atoms with Crippen LogP contribution < -0.4 is 25.6 Å². The maximum absolute atomic E-state index is 13.2. The molecule has 3 N–H and O–H groups in total. The topological polar surface area (TPSA) is 95.6 Å². The predicted molar refractivity (Wildman–Crippen MR) is 126 cm³/mol. The number of nitrogens with one attached hydrogen (secondary N) is 3. The maximum atomic E-state index is 13.2. The number of carbonyl (C=O) groups is 2. The van der Waals surface area contributed by atoms with Crippen LogP contribution in [0.3, 0.4) is 0 Å². The number of pyridine rings is 1. The zero-order valence-corrected chi connectivity index (χ0v) is 18.8. The van der Waals surface area contributed by atoms with E-state index in [1.165, 1.54) is 11.3 Å². The van der Waals surface area contributed by atoms with Gasteiger partial charge in [0.15, 0.2) is 0 Å². The number of thiophene rings is 1. The minimum Gasteiger partial charge on any atom is -0.494 e. The largest absolute Gasteiger partial charge is 0.494 e. The second-order valence-corrected chi connectivity index (χ2v) is 8.98. The number of hydrogen-bond donors (Lipinski definition) is 3. The van der Waals surface area contributed by atoms with Gasteiger partial charge in [0.25, 0.3) is 5.91 Å². The average Bonchev–Trinajstić information content (AvgIpc) is 3.15. The monoisotopic (exact) mass is 451 g/mol. The van der Waals surface area contributed by atoms with Crippen molar-refractivity contribution in [3.8, 4) is 5.75 Å². The van der Waals surface area contributed by atoms with Crippen LogP contribution in [-0.2, 0) is 0 Å². The molecule has 0 aliphatic carbocycles. The van der Waals surface area contributed by atoms with Crippen molar-refractivity contribution in [2.45, 2.75) is 32.7 Å². The van der Waals surface area contributed by atoms with Gasteiger partial charge in [-0.1, -0.05) is 0 Å². The molecule has 8 nitrogen and oxygen atoms in total. The van der Waals surface area contributed by atoms with Crippen LogP contribution in [0, 0.1) is 6.92 Å². The molecule has 3 aromatic rings. The van der Waals surface area contributed by atoms with Crippen LogP contribution in [0.25, 0.3) is 10.2 Å². The number of anilines is 3. The number of benzene rings is 1. The van der Waals surface area contributed by atoms with Gasteiger partial charge in [-0.05, 0) is 63.1 Å². The molecule has 1 unspecified atom stereocenters. The molecule has 9 heteroatoms. The lowest BCUT2D eigenvalue weighted by Crippen LogP contribution is -2.45. The third-order valence-corrected chi connectivity index (χ3v) is 6.90. The van der Waals surface area contributed by atoms with Crippen LogP contribution in [0.5, 0.6) is 5.75 Å². The van der Waals surface area contributed by atoms with Gasteiger partial charge in [0.2, 0.25) is 0 Å². The van der Waals surface area contributed by atoms with Gasteiger partial charge in [0.1, 0.15) is 15.5 Å². The number of hydrogen-bond acceptors (Lipinski definition) is 6. The zero-order chi connectivity index (χ0) is 22.2. The van der Waals surface area contributed by atoms with Crippen molar-refractivity contribution in [3.63, 3.8) is 0 Å². The van der Waals surface area contributed by atoms with Crippen molar-refractivity contribution in [1.82, 2.24) is 15.6 Å². The molecule has 5 rings (SSSR count). The van der Waals surface area contributed by atoms with E-state index < -0.39 is 0 Å². The van der Waals surface area contributed by atoms with Crippen molar-refractivity contribution in [1.29, 1.82) is 0 Å². The van der Waals surface area contributed by atoms with E-state index in [0.717, 1.165) is 58.8 Å². The number of nitrogens with zero attached hydrogens (tertiary/aromatic N) is 2. The van der Waals surface area contributed by atoms with Crippen molar-refractivity contribution in [3.05, 3.63) is 40.9 Å². The molecule has 3 amide bonds. The number of piperidine rings is 1. The van der Waals surface area contributed by atoms with E-state index in [0.29, 0.717) is 17.2 Å². The number of ether oxygens (including phenoxy) is 1. The Morgan fingerprint density at radius 1 is 1.34 bits per heavy atom. The number of rotatable bonds is 5. The first-order chi connectivity index (χ1) is 15.6. The van der Waals surface area contributed by atoms with E-state index in [1.807, 2.05) is 38.1 Å². The summed E-state index contributed by atoms with van der Waals surface area (Å²) in [5.74, 6) is 0.590. The van der Waals surface area contributed by atoms with Gasteiger partial charge >= 0.3 is 6.03 Å². The molecule has 0 radical (unpaired) electrons. The Kier molecular flexibility index (Phi) is 5.44. The lowest BCUT2D eigenvalue weighted by molar-refractivity contribution is 0.0935. The quantitative estimate of drug-likeness (QED) is 0.541. The second-order valence-electron chi connectivity index (χ2n) is 7.98. The molecule has 0 spiro atoms. The summed E-state index contributed by atoms with van der Waals surface area (Å²) in [5.41, 5.74) is 2.93. The highest BCUT2D eigenvalue weighted by atomic mass is 32.1. The van der Waals surface area contributed by atoms with Crippen molar-refractivity contribution >= 4 is 50.6 Å². The van der Waals surface area contributed by atoms with Crippen LogP contribution in [0.4, 0.5) is 21.9 Å². The van der Waals surface area contributed by atoms with Gasteiger partial charge in [0, 0.05) is 18.8 Å². The predicted octanol–water partition coefficient (Wildman–Crippen LogP) is 4.17. The van der Waals surface area contributed by atoms with Gasteiger partial charge in [-0.15, -0.1) is 11.3 Å². The SMILES string of the molecule is CCOc1ccc(N2C(=O)Nc3c(C(=O)NC4CCCNC4)sc4nccc2c34)c(C)c1. The molecule has 1 aromatic carbocycles. The standard InChI is InChI=1S/C23H25N5O3S/c1-3-31-15-6-7-16(13(2)11-15)28-17-8-10-25-22-18(17)19(27-23(28)30)20(32-22)21(29)26-14-5-4-9-24-12-14/h6-8,10-11,14,24H,3-5,9,12H2,1-2H3,(H,26,29)(H,27,30).